The maximum Gasteiger partial charge on any atom is 0.275 e. The lowest BCUT2D eigenvalue weighted by molar-refractivity contribution is -0.135. The molecule has 1 saturated heterocycles. The van der Waals surface area contributed by atoms with Crippen molar-refractivity contribution >= 4 is 23.5 Å². The maximum absolute atomic E-state index is 12.2. The smallest absolute Gasteiger partial charge is 0.275 e. The Hall–Kier alpha value is -2.51. The van der Waals surface area contributed by atoms with Crippen LogP contribution in [0.25, 0.3) is 0 Å². The molecule has 0 saturated carbocycles. The van der Waals surface area contributed by atoms with E-state index in [1.54, 1.807) is 0 Å². The Morgan fingerprint density at radius 3 is 2.70 bits per heavy atom. The van der Waals surface area contributed by atoms with E-state index in [4.69, 9.17) is 0 Å². The molecule has 0 atom stereocenters. The molecule has 1 aromatic rings. The van der Waals surface area contributed by atoms with Gasteiger partial charge < -0.3 is 10.2 Å². The Morgan fingerprint density at radius 2 is 2.05 bits per heavy atom. The van der Waals surface area contributed by atoms with Gasteiger partial charge in [-0.15, -0.1) is 0 Å². The van der Waals surface area contributed by atoms with E-state index in [1.165, 1.54) is 12.4 Å². The van der Waals surface area contributed by atoms with Crippen LogP contribution in [0.3, 0.4) is 0 Å². The number of nitrogens with one attached hydrogen (secondary N) is 2. The first kappa shape index (κ1) is 13.9. The molecule has 1 aromatic heterocycles. The van der Waals surface area contributed by atoms with Crippen LogP contribution >= 0.6 is 0 Å². The van der Waals surface area contributed by atoms with Crippen LogP contribution in [0.15, 0.2) is 12.4 Å². The number of amides is 3. The molecule has 1 aliphatic rings. The van der Waals surface area contributed by atoms with Gasteiger partial charge in [0.25, 0.3) is 5.91 Å². The molecule has 0 bridgehead atoms. The van der Waals surface area contributed by atoms with Crippen LogP contribution in [0.1, 0.15) is 23.8 Å². The fourth-order valence-electron chi connectivity index (χ4n) is 1.75. The van der Waals surface area contributed by atoms with Gasteiger partial charge in [-0.25, -0.2) is 4.98 Å². The highest BCUT2D eigenvalue weighted by Crippen LogP contribution is 2.07. The van der Waals surface area contributed by atoms with Gasteiger partial charge in [-0.3, -0.25) is 24.7 Å². The van der Waals surface area contributed by atoms with Crippen molar-refractivity contribution in [3.05, 3.63) is 18.1 Å². The first-order valence-corrected chi connectivity index (χ1v) is 6.28. The summed E-state index contributed by atoms with van der Waals surface area (Å²) in [5.41, 5.74) is 0.105. The summed E-state index contributed by atoms with van der Waals surface area (Å²) in [5.74, 6) is -0.989. The highest BCUT2D eigenvalue weighted by Gasteiger charge is 2.28. The van der Waals surface area contributed by atoms with Crippen molar-refractivity contribution < 1.29 is 14.4 Å². The highest BCUT2D eigenvalue weighted by atomic mass is 16.2. The molecule has 20 heavy (non-hydrogen) atoms. The number of piperazine rings is 1. The Bertz CT molecular complexity index is 530. The second-order valence-electron chi connectivity index (χ2n) is 4.35. The van der Waals surface area contributed by atoms with Crippen LogP contribution in [0.5, 0.6) is 0 Å². The van der Waals surface area contributed by atoms with Crippen molar-refractivity contribution in [2.45, 2.75) is 13.3 Å². The average Bonchev–Trinajstić information content (AvgIpc) is 2.43. The molecule has 106 valence electrons. The minimum absolute atomic E-state index is 0.105. The van der Waals surface area contributed by atoms with Gasteiger partial charge in [-0.05, 0) is 6.42 Å². The second-order valence-corrected chi connectivity index (χ2v) is 4.35. The lowest BCUT2D eigenvalue weighted by atomic mass is 10.3. The predicted molar refractivity (Wildman–Crippen MR) is 69.9 cm³/mol. The number of rotatable bonds is 4. The van der Waals surface area contributed by atoms with Crippen molar-refractivity contribution in [1.29, 1.82) is 0 Å². The fourth-order valence-corrected chi connectivity index (χ4v) is 1.75. The number of aromatic nitrogens is 2. The van der Waals surface area contributed by atoms with Crippen LogP contribution in [-0.2, 0) is 9.59 Å². The molecule has 2 heterocycles. The van der Waals surface area contributed by atoms with Gasteiger partial charge in [0.05, 0.1) is 12.4 Å². The maximum atomic E-state index is 12.2. The molecule has 3 amide bonds. The molecule has 0 aromatic carbocycles. The van der Waals surface area contributed by atoms with Crippen molar-refractivity contribution in [3.8, 4) is 0 Å². The molecule has 2 rings (SSSR count). The molecule has 1 aliphatic heterocycles. The Balaban J connectivity index is 2.12. The third-order valence-corrected chi connectivity index (χ3v) is 2.64. The van der Waals surface area contributed by atoms with Crippen LogP contribution in [0, 0.1) is 0 Å². The summed E-state index contributed by atoms with van der Waals surface area (Å²) in [6.45, 7) is 2.42. The van der Waals surface area contributed by atoms with Gasteiger partial charge in [0.2, 0.25) is 11.8 Å². The molecule has 1 fully saturated rings. The first-order valence-electron chi connectivity index (χ1n) is 6.28. The fraction of sp³-hybridized carbons (Fsp3) is 0.417. The van der Waals surface area contributed by atoms with Gasteiger partial charge in [-0.2, -0.15) is 0 Å². The SMILES string of the molecule is CCCNc1cncc(C(=O)N2CC(=O)NC(=O)C2)n1. The van der Waals surface area contributed by atoms with E-state index >= 15 is 0 Å². The number of imide groups is 1. The topological polar surface area (TPSA) is 104 Å². The zero-order valence-corrected chi connectivity index (χ0v) is 11.0. The second kappa shape index (κ2) is 6.09. The third-order valence-electron chi connectivity index (χ3n) is 2.64. The average molecular weight is 277 g/mol. The monoisotopic (exact) mass is 277 g/mol. The lowest BCUT2D eigenvalue weighted by Crippen LogP contribution is -2.53. The summed E-state index contributed by atoms with van der Waals surface area (Å²) in [6, 6.07) is 0. The van der Waals surface area contributed by atoms with Crippen molar-refractivity contribution in [2.75, 3.05) is 25.0 Å². The third kappa shape index (κ3) is 3.28. The minimum Gasteiger partial charge on any atom is -0.369 e. The molecular weight excluding hydrogens is 262 g/mol. The zero-order valence-electron chi connectivity index (χ0n) is 11.0. The van der Waals surface area contributed by atoms with Gasteiger partial charge in [0.1, 0.15) is 24.6 Å². The van der Waals surface area contributed by atoms with Gasteiger partial charge in [0, 0.05) is 6.54 Å². The zero-order chi connectivity index (χ0) is 14.5. The van der Waals surface area contributed by atoms with E-state index in [2.05, 4.69) is 20.6 Å². The number of anilines is 1. The van der Waals surface area contributed by atoms with Crippen LogP contribution in [-0.4, -0.2) is 52.2 Å². The van der Waals surface area contributed by atoms with E-state index in [0.29, 0.717) is 5.82 Å². The van der Waals surface area contributed by atoms with E-state index in [1.807, 2.05) is 6.92 Å². The number of carbonyl (C=O) groups is 3. The van der Waals surface area contributed by atoms with Crippen molar-refractivity contribution in [1.82, 2.24) is 20.2 Å². The normalized spacial score (nSPS) is 14.9. The molecule has 8 heteroatoms. The number of hydrogen-bond acceptors (Lipinski definition) is 6. The quantitative estimate of drug-likeness (QED) is 0.712. The number of nitrogens with zero attached hydrogens (tertiary/aromatic N) is 3. The summed E-state index contributed by atoms with van der Waals surface area (Å²) in [5, 5.41) is 5.15. The van der Waals surface area contributed by atoms with Crippen LogP contribution in [0.2, 0.25) is 0 Å². The molecule has 2 N–H and O–H groups in total. The summed E-state index contributed by atoms with van der Waals surface area (Å²) in [6.07, 6.45) is 3.75. The summed E-state index contributed by atoms with van der Waals surface area (Å²) in [7, 11) is 0. The number of carbonyl (C=O) groups excluding carboxylic acids is 3. The molecule has 0 radical (unpaired) electrons. The van der Waals surface area contributed by atoms with Crippen LogP contribution in [0.4, 0.5) is 5.82 Å². The molecule has 0 aliphatic carbocycles. The molecule has 0 unspecified atom stereocenters. The number of hydrogen-bond donors (Lipinski definition) is 2. The van der Waals surface area contributed by atoms with E-state index in [-0.39, 0.29) is 18.8 Å². The van der Waals surface area contributed by atoms with E-state index in [0.717, 1.165) is 17.9 Å². The minimum atomic E-state index is -0.497. The summed E-state index contributed by atoms with van der Waals surface area (Å²) in [4.78, 5) is 43.9. The largest absolute Gasteiger partial charge is 0.369 e. The molecule has 8 nitrogen and oxygen atoms in total. The van der Waals surface area contributed by atoms with Crippen molar-refractivity contribution in [3.63, 3.8) is 0 Å². The highest BCUT2D eigenvalue weighted by molar-refractivity contribution is 6.05. The Kier molecular flexibility index (Phi) is 4.24. The molecular formula is C12H15N5O3. The van der Waals surface area contributed by atoms with E-state index in [9.17, 15) is 14.4 Å². The predicted octanol–water partition coefficient (Wildman–Crippen LogP) is -0.603. The van der Waals surface area contributed by atoms with Crippen LogP contribution < -0.4 is 10.6 Å². The standard InChI is InChI=1S/C12H15N5O3/c1-2-3-14-9-5-13-4-8(15-9)12(20)17-6-10(18)16-11(19)7-17/h4-5H,2-3,6-7H2,1H3,(H,14,15)(H,16,18,19). The van der Waals surface area contributed by atoms with Crippen molar-refractivity contribution in [2.24, 2.45) is 0 Å². The summed E-state index contributed by atoms with van der Waals surface area (Å²) < 4.78 is 0. The molecule has 0 spiro atoms. The van der Waals surface area contributed by atoms with Gasteiger partial charge >= 0.3 is 0 Å². The van der Waals surface area contributed by atoms with Gasteiger partial charge in [-0.1, -0.05) is 6.92 Å². The first-order chi connectivity index (χ1) is 9.60. The van der Waals surface area contributed by atoms with E-state index < -0.39 is 17.7 Å². The lowest BCUT2D eigenvalue weighted by Gasteiger charge is -2.24. The van der Waals surface area contributed by atoms with Gasteiger partial charge in [0.15, 0.2) is 0 Å². The Labute approximate surface area is 115 Å². The summed E-state index contributed by atoms with van der Waals surface area (Å²) >= 11 is 0. The Morgan fingerprint density at radius 1 is 1.35 bits per heavy atom.